The lowest BCUT2D eigenvalue weighted by molar-refractivity contribution is 0.00716. The van der Waals surface area contributed by atoms with Crippen molar-refractivity contribution in [1.82, 2.24) is 4.57 Å². The molecule has 0 unspecified atom stereocenters. The Labute approximate surface area is 107 Å². The normalized spacial score (nSPS) is 11.8. The summed E-state index contributed by atoms with van der Waals surface area (Å²) in [5, 5.41) is 0.942. The van der Waals surface area contributed by atoms with Gasteiger partial charge in [0.1, 0.15) is 5.60 Å². The quantitative estimate of drug-likeness (QED) is 0.721. The van der Waals surface area contributed by atoms with Gasteiger partial charge in [-0.1, -0.05) is 12.1 Å². The van der Waals surface area contributed by atoms with Crippen LogP contribution < -0.4 is 0 Å². The highest BCUT2D eigenvalue weighted by Gasteiger charge is 2.21. The topological polar surface area (TPSA) is 31.2 Å². The fourth-order valence-corrected chi connectivity index (χ4v) is 1.99. The van der Waals surface area contributed by atoms with Crippen LogP contribution in [0.5, 0.6) is 0 Å². The summed E-state index contributed by atoms with van der Waals surface area (Å²) in [5.74, 6) is -0.267. The Bertz CT molecular complexity index is 603. The predicted molar refractivity (Wildman–Crippen MR) is 72.8 cm³/mol. The lowest BCUT2D eigenvalue weighted by atomic mass is 10.1. The highest BCUT2D eigenvalue weighted by atomic mass is 16.6. The number of fused-ring (bicyclic) bond motifs is 1. The zero-order chi connectivity index (χ0) is 13.5. The molecule has 0 saturated carbocycles. The Kier molecular flexibility index (Phi) is 2.93. The van der Waals surface area contributed by atoms with Crippen molar-refractivity contribution in [2.24, 2.45) is 7.05 Å². The van der Waals surface area contributed by atoms with E-state index in [1.807, 2.05) is 57.6 Å². The second-order valence-corrected chi connectivity index (χ2v) is 5.68. The maximum Gasteiger partial charge on any atom is 0.340 e. The number of carbonyl (C=O) groups is 1. The Balaban J connectivity index is 2.49. The standard InChI is InChI=1S/C15H19NO2/c1-10-6-7-11-12(9-16(5)13(11)8-10)14(17)18-15(2,3)4/h6-9H,1-5H3. The minimum atomic E-state index is -0.468. The van der Waals surface area contributed by atoms with Gasteiger partial charge in [-0.25, -0.2) is 4.79 Å². The predicted octanol–water partition coefficient (Wildman–Crippen LogP) is 3.44. The van der Waals surface area contributed by atoms with E-state index >= 15 is 0 Å². The minimum absolute atomic E-state index is 0.267. The monoisotopic (exact) mass is 245 g/mol. The number of esters is 1. The third-order valence-corrected chi connectivity index (χ3v) is 2.76. The van der Waals surface area contributed by atoms with Crippen molar-refractivity contribution in [2.75, 3.05) is 0 Å². The van der Waals surface area contributed by atoms with Crippen LogP contribution in [-0.2, 0) is 11.8 Å². The summed E-state index contributed by atoms with van der Waals surface area (Å²) in [5.41, 5.74) is 2.39. The molecule has 0 spiro atoms. The third-order valence-electron chi connectivity index (χ3n) is 2.76. The number of aromatic nitrogens is 1. The lowest BCUT2D eigenvalue weighted by Gasteiger charge is -2.19. The molecule has 0 radical (unpaired) electrons. The highest BCUT2D eigenvalue weighted by molar-refractivity contribution is 6.04. The van der Waals surface area contributed by atoms with Crippen LogP contribution in [0.15, 0.2) is 24.4 Å². The van der Waals surface area contributed by atoms with E-state index in [9.17, 15) is 4.79 Å². The molecule has 3 nitrogen and oxygen atoms in total. The Morgan fingerprint density at radius 2 is 1.94 bits per heavy atom. The minimum Gasteiger partial charge on any atom is -0.456 e. The maximum absolute atomic E-state index is 12.1. The highest BCUT2D eigenvalue weighted by Crippen LogP contribution is 2.24. The van der Waals surface area contributed by atoms with E-state index in [0.29, 0.717) is 5.56 Å². The molecule has 2 rings (SSSR count). The molecule has 1 heterocycles. The Morgan fingerprint density at radius 3 is 2.56 bits per heavy atom. The average Bonchev–Trinajstić information content (AvgIpc) is 2.54. The van der Waals surface area contributed by atoms with E-state index in [0.717, 1.165) is 10.9 Å². The van der Waals surface area contributed by atoms with Crippen LogP contribution in [0, 0.1) is 6.92 Å². The molecule has 0 aliphatic rings. The number of rotatable bonds is 1. The molecule has 18 heavy (non-hydrogen) atoms. The van der Waals surface area contributed by atoms with E-state index in [-0.39, 0.29) is 5.97 Å². The molecule has 0 N–H and O–H groups in total. The van der Waals surface area contributed by atoms with Crippen molar-refractivity contribution in [3.05, 3.63) is 35.5 Å². The van der Waals surface area contributed by atoms with Crippen LogP contribution in [0.4, 0.5) is 0 Å². The van der Waals surface area contributed by atoms with Crippen LogP contribution in [0.25, 0.3) is 10.9 Å². The second-order valence-electron chi connectivity index (χ2n) is 5.68. The number of benzene rings is 1. The zero-order valence-electron chi connectivity index (χ0n) is 11.6. The Morgan fingerprint density at radius 1 is 1.28 bits per heavy atom. The summed E-state index contributed by atoms with van der Waals surface area (Å²) < 4.78 is 7.38. The maximum atomic E-state index is 12.1. The van der Waals surface area contributed by atoms with E-state index in [2.05, 4.69) is 6.07 Å². The number of aryl methyl sites for hydroxylation is 2. The molecule has 0 atom stereocenters. The van der Waals surface area contributed by atoms with Gasteiger partial charge in [0, 0.05) is 24.1 Å². The van der Waals surface area contributed by atoms with Gasteiger partial charge in [-0.3, -0.25) is 0 Å². The zero-order valence-corrected chi connectivity index (χ0v) is 11.6. The van der Waals surface area contributed by atoms with Crippen molar-refractivity contribution >= 4 is 16.9 Å². The van der Waals surface area contributed by atoms with E-state index in [4.69, 9.17) is 4.74 Å². The van der Waals surface area contributed by atoms with Gasteiger partial charge in [-0.05, 0) is 39.3 Å². The first-order chi connectivity index (χ1) is 8.28. The fourth-order valence-electron chi connectivity index (χ4n) is 1.99. The third kappa shape index (κ3) is 2.40. The van der Waals surface area contributed by atoms with Crippen LogP contribution >= 0.6 is 0 Å². The molecule has 0 saturated heterocycles. The second kappa shape index (κ2) is 4.16. The molecule has 0 amide bonds. The summed E-state index contributed by atoms with van der Waals surface area (Å²) in [7, 11) is 1.94. The van der Waals surface area contributed by atoms with Crippen LogP contribution in [0.1, 0.15) is 36.7 Å². The van der Waals surface area contributed by atoms with Gasteiger partial charge in [0.05, 0.1) is 5.56 Å². The molecule has 0 aliphatic carbocycles. The van der Waals surface area contributed by atoms with Crippen LogP contribution in [0.3, 0.4) is 0 Å². The molecule has 2 aromatic rings. The summed E-state index contributed by atoms with van der Waals surface area (Å²) in [6.07, 6.45) is 1.83. The smallest absolute Gasteiger partial charge is 0.340 e. The van der Waals surface area contributed by atoms with Gasteiger partial charge in [0.25, 0.3) is 0 Å². The van der Waals surface area contributed by atoms with Crippen LogP contribution in [-0.4, -0.2) is 16.1 Å². The van der Waals surface area contributed by atoms with Gasteiger partial charge >= 0.3 is 5.97 Å². The summed E-state index contributed by atoms with van der Waals surface area (Å²) in [6, 6.07) is 6.06. The van der Waals surface area contributed by atoms with Gasteiger partial charge in [0.15, 0.2) is 0 Å². The van der Waals surface area contributed by atoms with E-state index in [1.165, 1.54) is 5.56 Å². The summed E-state index contributed by atoms with van der Waals surface area (Å²) >= 11 is 0. The molecule has 0 bridgehead atoms. The number of hydrogen-bond acceptors (Lipinski definition) is 2. The number of nitrogens with zero attached hydrogens (tertiary/aromatic N) is 1. The van der Waals surface area contributed by atoms with E-state index in [1.54, 1.807) is 0 Å². The van der Waals surface area contributed by atoms with Crippen molar-refractivity contribution in [3.63, 3.8) is 0 Å². The molecule has 96 valence electrons. The SMILES string of the molecule is Cc1ccc2c(C(=O)OC(C)(C)C)cn(C)c2c1. The van der Waals surface area contributed by atoms with Gasteiger partial charge in [-0.2, -0.15) is 0 Å². The molecule has 1 aromatic carbocycles. The summed E-state index contributed by atoms with van der Waals surface area (Å²) in [4.78, 5) is 12.1. The van der Waals surface area contributed by atoms with Crippen LogP contribution in [0.2, 0.25) is 0 Å². The van der Waals surface area contributed by atoms with Gasteiger partial charge in [-0.15, -0.1) is 0 Å². The molecular weight excluding hydrogens is 226 g/mol. The lowest BCUT2D eigenvalue weighted by Crippen LogP contribution is -2.23. The first-order valence-electron chi connectivity index (χ1n) is 6.07. The van der Waals surface area contributed by atoms with Crippen molar-refractivity contribution in [2.45, 2.75) is 33.3 Å². The number of carbonyl (C=O) groups excluding carboxylic acids is 1. The number of hydrogen-bond donors (Lipinski definition) is 0. The first kappa shape index (κ1) is 12.7. The first-order valence-corrected chi connectivity index (χ1v) is 6.07. The average molecular weight is 245 g/mol. The molecule has 1 aromatic heterocycles. The van der Waals surface area contributed by atoms with Gasteiger partial charge < -0.3 is 9.30 Å². The largest absolute Gasteiger partial charge is 0.456 e. The molecular formula is C15H19NO2. The van der Waals surface area contributed by atoms with Crippen molar-refractivity contribution in [3.8, 4) is 0 Å². The molecule has 3 heteroatoms. The molecule has 0 fully saturated rings. The Hall–Kier alpha value is -1.77. The summed E-state index contributed by atoms with van der Waals surface area (Å²) in [6.45, 7) is 7.67. The van der Waals surface area contributed by atoms with E-state index < -0.39 is 5.60 Å². The fraction of sp³-hybridized carbons (Fsp3) is 0.400. The molecule has 0 aliphatic heterocycles. The number of ether oxygens (including phenoxy) is 1. The van der Waals surface area contributed by atoms with Gasteiger partial charge in [0.2, 0.25) is 0 Å². The van der Waals surface area contributed by atoms with Crippen molar-refractivity contribution in [1.29, 1.82) is 0 Å². The van der Waals surface area contributed by atoms with Crippen molar-refractivity contribution < 1.29 is 9.53 Å².